The molecule has 0 heterocycles. The van der Waals surface area contributed by atoms with E-state index in [1.54, 1.807) is 0 Å². The molecule has 0 bridgehead atoms. The second-order valence-corrected chi connectivity index (χ2v) is 7.29. The van der Waals surface area contributed by atoms with Crippen molar-refractivity contribution in [1.29, 1.82) is 0 Å². The van der Waals surface area contributed by atoms with E-state index >= 15 is 0 Å². The number of hydrogen-bond acceptors (Lipinski definition) is 2. The third-order valence-corrected chi connectivity index (χ3v) is 4.93. The summed E-state index contributed by atoms with van der Waals surface area (Å²) in [7, 11) is 2.15. The molecule has 2 nitrogen and oxygen atoms in total. The van der Waals surface area contributed by atoms with Gasteiger partial charge in [0.25, 0.3) is 0 Å². The number of hydrogen-bond donors (Lipinski definition) is 1. The molecule has 2 atom stereocenters. The Balaban J connectivity index is 1.94. The molecule has 2 heteroatoms. The fourth-order valence-corrected chi connectivity index (χ4v) is 3.76. The van der Waals surface area contributed by atoms with Crippen molar-refractivity contribution in [2.75, 3.05) is 20.1 Å². The normalized spacial score (nSPS) is 31.8. The zero-order chi connectivity index (χ0) is 13.2. The third-order valence-electron chi connectivity index (χ3n) is 4.93. The zero-order valence-corrected chi connectivity index (χ0v) is 12.8. The summed E-state index contributed by atoms with van der Waals surface area (Å²) in [5.41, 5.74) is 0.555. The van der Waals surface area contributed by atoms with Crippen molar-refractivity contribution in [3.63, 3.8) is 0 Å². The van der Waals surface area contributed by atoms with E-state index in [4.69, 9.17) is 0 Å². The van der Waals surface area contributed by atoms with Gasteiger partial charge >= 0.3 is 0 Å². The summed E-state index contributed by atoms with van der Waals surface area (Å²) in [6, 6.07) is 1.67. The Morgan fingerprint density at radius 3 is 2.50 bits per heavy atom. The second kappa shape index (κ2) is 5.92. The highest BCUT2D eigenvalue weighted by Crippen LogP contribution is 2.40. The van der Waals surface area contributed by atoms with Crippen LogP contribution in [0.15, 0.2) is 0 Å². The van der Waals surface area contributed by atoms with Crippen LogP contribution in [0.1, 0.15) is 59.3 Å². The summed E-state index contributed by atoms with van der Waals surface area (Å²) >= 11 is 0. The predicted molar refractivity (Wildman–Crippen MR) is 78.9 cm³/mol. The maximum Gasteiger partial charge on any atom is 0.0105 e. The Morgan fingerprint density at radius 1 is 1.22 bits per heavy atom. The van der Waals surface area contributed by atoms with Crippen molar-refractivity contribution in [2.45, 2.75) is 71.4 Å². The lowest BCUT2D eigenvalue weighted by atomic mass is 9.69. The van der Waals surface area contributed by atoms with Crippen LogP contribution in [0.4, 0.5) is 0 Å². The van der Waals surface area contributed by atoms with Gasteiger partial charge in [-0.2, -0.15) is 0 Å². The molecule has 0 aliphatic heterocycles. The highest BCUT2D eigenvalue weighted by molar-refractivity contribution is 4.92. The van der Waals surface area contributed by atoms with E-state index in [0.717, 1.165) is 18.0 Å². The summed E-state index contributed by atoms with van der Waals surface area (Å²) in [6.45, 7) is 9.85. The molecular formula is C16H32N2. The van der Waals surface area contributed by atoms with Gasteiger partial charge in [-0.25, -0.2) is 0 Å². The highest BCUT2D eigenvalue weighted by Gasteiger charge is 2.37. The van der Waals surface area contributed by atoms with Crippen LogP contribution < -0.4 is 5.32 Å². The molecule has 0 aromatic rings. The predicted octanol–water partition coefficient (Wildman–Crippen LogP) is 3.28. The Kier molecular flexibility index (Phi) is 4.71. The molecule has 2 fully saturated rings. The van der Waals surface area contributed by atoms with Crippen LogP contribution in [0.5, 0.6) is 0 Å². The molecule has 0 radical (unpaired) electrons. The Bertz CT molecular complexity index is 258. The lowest BCUT2D eigenvalue weighted by Crippen LogP contribution is -2.47. The van der Waals surface area contributed by atoms with E-state index in [-0.39, 0.29) is 0 Å². The largest absolute Gasteiger partial charge is 0.317 e. The van der Waals surface area contributed by atoms with Crippen molar-refractivity contribution >= 4 is 0 Å². The molecule has 0 aromatic heterocycles. The minimum Gasteiger partial charge on any atom is -0.317 e. The average molecular weight is 252 g/mol. The van der Waals surface area contributed by atoms with Gasteiger partial charge in [-0.15, -0.1) is 0 Å². The maximum absolute atomic E-state index is 3.57. The van der Waals surface area contributed by atoms with Crippen LogP contribution in [-0.4, -0.2) is 37.1 Å². The molecule has 0 saturated heterocycles. The van der Waals surface area contributed by atoms with Gasteiger partial charge in [-0.3, -0.25) is 0 Å². The van der Waals surface area contributed by atoms with E-state index in [1.807, 2.05) is 0 Å². The van der Waals surface area contributed by atoms with Crippen LogP contribution in [-0.2, 0) is 0 Å². The lowest BCUT2D eigenvalue weighted by molar-refractivity contribution is 0.0997. The van der Waals surface area contributed by atoms with Gasteiger partial charge in [0, 0.05) is 18.6 Å². The summed E-state index contributed by atoms with van der Waals surface area (Å²) in [5, 5.41) is 3.57. The SMILES string of the molecule is CCCN(CC1CC(C)(C)CCC1NC)C1CC1. The van der Waals surface area contributed by atoms with Gasteiger partial charge in [0.05, 0.1) is 0 Å². The molecule has 2 aliphatic carbocycles. The molecule has 106 valence electrons. The Morgan fingerprint density at radius 2 is 1.94 bits per heavy atom. The van der Waals surface area contributed by atoms with Gasteiger partial charge in [0.1, 0.15) is 0 Å². The lowest BCUT2D eigenvalue weighted by Gasteiger charge is -2.42. The minimum absolute atomic E-state index is 0.555. The smallest absolute Gasteiger partial charge is 0.0105 e. The fraction of sp³-hybridized carbons (Fsp3) is 1.00. The first-order valence-corrected chi connectivity index (χ1v) is 7.97. The monoisotopic (exact) mass is 252 g/mol. The first kappa shape index (κ1) is 14.3. The van der Waals surface area contributed by atoms with Crippen molar-refractivity contribution < 1.29 is 0 Å². The van der Waals surface area contributed by atoms with Crippen LogP contribution in [0.25, 0.3) is 0 Å². The zero-order valence-electron chi connectivity index (χ0n) is 12.8. The molecule has 0 aromatic carbocycles. The van der Waals surface area contributed by atoms with E-state index in [9.17, 15) is 0 Å². The van der Waals surface area contributed by atoms with Gasteiger partial charge < -0.3 is 10.2 Å². The minimum atomic E-state index is 0.555. The van der Waals surface area contributed by atoms with Crippen LogP contribution in [0, 0.1) is 11.3 Å². The van der Waals surface area contributed by atoms with Gasteiger partial charge in [0.15, 0.2) is 0 Å². The Labute approximate surface area is 114 Å². The standard InChI is InChI=1S/C16H32N2/c1-5-10-18(14-6-7-14)12-13-11-16(2,3)9-8-15(13)17-4/h13-15,17H,5-12H2,1-4H3. The molecule has 2 rings (SSSR count). The molecule has 0 amide bonds. The summed E-state index contributed by atoms with van der Waals surface area (Å²) < 4.78 is 0. The average Bonchev–Trinajstić information content (AvgIpc) is 3.11. The van der Waals surface area contributed by atoms with Crippen LogP contribution in [0.3, 0.4) is 0 Å². The van der Waals surface area contributed by atoms with Crippen LogP contribution in [0.2, 0.25) is 0 Å². The quantitative estimate of drug-likeness (QED) is 0.780. The highest BCUT2D eigenvalue weighted by atomic mass is 15.2. The Hall–Kier alpha value is -0.0800. The van der Waals surface area contributed by atoms with E-state index in [1.165, 1.54) is 51.6 Å². The van der Waals surface area contributed by atoms with E-state index < -0.39 is 0 Å². The number of nitrogens with one attached hydrogen (secondary N) is 1. The number of nitrogens with zero attached hydrogens (tertiary/aromatic N) is 1. The molecule has 2 unspecified atom stereocenters. The first-order chi connectivity index (χ1) is 8.55. The van der Waals surface area contributed by atoms with Gasteiger partial charge in [-0.1, -0.05) is 20.8 Å². The van der Waals surface area contributed by atoms with Gasteiger partial charge in [-0.05, 0) is 63.5 Å². The molecule has 1 N–H and O–H groups in total. The van der Waals surface area contributed by atoms with Crippen molar-refractivity contribution in [3.05, 3.63) is 0 Å². The summed E-state index contributed by atoms with van der Waals surface area (Å²) in [6.07, 6.45) is 8.33. The third kappa shape index (κ3) is 3.71. The number of rotatable bonds is 6. The van der Waals surface area contributed by atoms with Gasteiger partial charge in [0.2, 0.25) is 0 Å². The fourth-order valence-electron chi connectivity index (χ4n) is 3.76. The topological polar surface area (TPSA) is 15.3 Å². The molecule has 2 aliphatic rings. The molecule has 0 spiro atoms. The maximum atomic E-state index is 3.57. The summed E-state index contributed by atoms with van der Waals surface area (Å²) in [4.78, 5) is 2.77. The molecular weight excluding hydrogens is 220 g/mol. The van der Waals surface area contributed by atoms with Crippen LogP contribution >= 0.6 is 0 Å². The summed E-state index contributed by atoms with van der Waals surface area (Å²) in [5.74, 6) is 0.853. The van der Waals surface area contributed by atoms with Crippen molar-refractivity contribution in [2.24, 2.45) is 11.3 Å². The first-order valence-electron chi connectivity index (χ1n) is 7.97. The molecule has 2 saturated carbocycles. The van der Waals surface area contributed by atoms with Crippen molar-refractivity contribution in [3.8, 4) is 0 Å². The van der Waals surface area contributed by atoms with Crippen molar-refractivity contribution in [1.82, 2.24) is 10.2 Å². The second-order valence-electron chi connectivity index (χ2n) is 7.29. The molecule has 18 heavy (non-hydrogen) atoms. The van der Waals surface area contributed by atoms with E-state index in [0.29, 0.717) is 5.41 Å². The van der Waals surface area contributed by atoms with E-state index in [2.05, 4.69) is 38.0 Å².